The van der Waals surface area contributed by atoms with Crippen LogP contribution < -0.4 is 5.32 Å². The van der Waals surface area contributed by atoms with E-state index in [1.165, 1.54) is 11.6 Å². The predicted molar refractivity (Wildman–Crippen MR) is 67.0 cm³/mol. The second-order valence-electron chi connectivity index (χ2n) is 4.28. The number of rotatable bonds is 4. The third-order valence-electron chi connectivity index (χ3n) is 2.50. The SMILES string of the molecule is CCNC(C=C(C)C)c1cc(F)ccc1C. The van der Waals surface area contributed by atoms with Crippen molar-refractivity contribution < 1.29 is 4.39 Å². The average molecular weight is 221 g/mol. The van der Waals surface area contributed by atoms with Gasteiger partial charge in [-0.3, -0.25) is 0 Å². The van der Waals surface area contributed by atoms with Crippen LogP contribution in [-0.4, -0.2) is 6.54 Å². The molecule has 0 aliphatic heterocycles. The van der Waals surface area contributed by atoms with Gasteiger partial charge >= 0.3 is 0 Å². The number of hydrogen-bond acceptors (Lipinski definition) is 1. The number of nitrogens with one attached hydrogen (secondary N) is 1. The Bertz CT molecular complexity index is 378. The number of aryl methyl sites for hydroxylation is 1. The molecule has 1 unspecified atom stereocenters. The van der Waals surface area contributed by atoms with E-state index in [-0.39, 0.29) is 11.9 Å². The van der Waals surface area contributed by atoms with Gasteiger partial charge in [-0.2, -0.15) is 0 Å². The van der Waals surface area contributed by atoms with Crippen molar-refractivity contribution in [3.05, 3.63) is 46.8 Å². The van der Waals surface area contributed by atoms with Gasteiger partial charge in [-0.1, -0.05) is 24.6 Å². The summed E-state index contributed by atoms with van der Waals surface area (Å²) in [5, 5.41) is 3.36. The molecule has 0 saturated heterocycles. The lowest BCUT2D eigenvalue weighted by molar-refractivity contribution is 0.606. The molecule has 0 amide bonds. The number of halogens is 1. The summed E-state index contributed by atoms with van der Waals surface area (Å²) in [5.74, 6) is -0.175. The van der Waals surface area contributed by atoms with E-state index in [4.69, 9.17) is 0 Å². The first-order valence-electron chi connectivity index (χ1n) is 5.69. The summed E-state index contributed by atoms with van der Waals surface area (Å²) in [6.45, 7) is 9.04. The molecule has 0 saturated carbocycles. The molecular formula is C14H20FN. The highest BCUT2D eigenvalue weighted by Crippen LogP contribution is 2.21. The molecule has 1 N–H and O–H groups in total. The molecular weight excluding hydrogens is 201 g/mol. The second-order valence-corrected chi connectivity index (χ2v) is 4.28. The molecule has 88 valence electrons. The van der Waals surface area contributed by atoms with Crippen LogP contribution in [0.15, 0.2) is 29.8 Å². The molecule has 0 heterocycles. The van der Waals surface area contributed by atoms with Crippen molar-refractivity contribution >= 4 is 0 Å². The quantitative estimate of drug-likeness (QED) is 0.763. The number of likely N-dealkylation sites (N-methyl/N-ethyl adjacent to an activating group) is 1. The molecule has 1 atom stereocenters. The third kappa shape index (κ3) is 3.46. The molecule has 1 aromatic carbocycles. The molecule has 16 heavy (non-hydrogen) atoms. The topological polar surface area (TPSA) is 12.0 Å². The maximum atomic E-state index is 13.2. The van der Waals surface area contributed by atoms with Gasteiger partial charge in [0.25, 0.3) is 0 Å². The average Bonchev–Trinajstić information content (AvgIpc) is 2.20. The van der Waals surface area contributed by atoms with Gasteiger partial charge in [-0.25, -0.2) is 4.39 Å². The molecule has 1 nitrogen and oxygen atoms in total. The Kier molecular flexibility index (Phi) is 4.69. The highest BCUT2D eigenvalue weighted by molar-refractivity contribution is 5.32. The van der Waals surface area contributed by atoms with Gasteiger partial charge in [-0.15, -0.1) is 0 Å². The Labute approximate surface area is 97.4 Å². The summed E-state index contributed by atoms with van der Waals surface area (Å²) in [6.07, 6.45) is 2.13. The van der Waals surface area contributed by atoms with E-state index in [0.29, 0.717) is 0 Å². The molecule has 0 spiro atoms. The van der Waals surface area contributed by atoms with Crippen molar-refractivity contribution in [2.75, 3.05) is 6.54 Å². The highest BCUT2D eigenvalue weighted by atomic mass is 19.1. The van der Waals surface area contributed by atoms with Crippen molar-refractivity contribution in [2.24, 2.45) is 0 Å². The predicted octanol–water partition coefficient (Wildman–Crippen LogP) is 3.75. The van der Waals surface area contributed by atoms with E-state index in [2.05, 4.69) is 32.2 Å². The van der Waals surface area contributed by atoms with E-state index in [9.17, 15) is 4.39 Å². The van der Waals surface area contributed by atoms with Gasteiger partial charge in [0, 0.05) is 0 Å². The van der Waals surface area contributed by atoms with E-state index in [0.717, 1.165) is 17.7 Å². The van der Waals surface area contributed by atoms with Gasteiger partial charge in [0.2, 0.25) is 0 Å². The minimum Gasteiger partial charge on any atom is -0.307 e. The lowest BCUT2D eigenvalue weighted by Crippen LogP contribution is -2.20. The summed E-state index contributed by atoms with van der Waals surface area (Å²) in [5.41, 5.74) is 3.36. The van der Waals surface area contributed by atoms with Crippen LogP contribution in [0.5, 0.6) is 0 Å². The minimum absolute atomic E-state index is 0.102. The molecule has 0 fully saturated rings. The number of allylic oxidation sites excluding steroid dienone is 1. The molecule has 1 aromatic rings. The molecule has 0 aliphatic rings. The zero-order chi connectivity index (χ0) is 12.1. The summed E-state index contributed by atoms with van der Waals surface area (Å²) in [6, 6.07) is 5.05. The van der Waals surface area contributed by atoms with Crippen LogP contribution in [-0.2, 0) is 0 Å². The van der Waals surface area contributed by atoms with Crippen LogP contribution in [0.2, 0.25) is 0 Å². The fraction of sp³-hybridized carbons (Fsp3) is 0.429. The number of hydrogen-bond donors (Lipinski definition) is 1. The second kappa shape index (κ2) is 5.80. The lowest BCUT2D eigenvalue weighted by atomic mass is 9.99. The van der Waals surface area contributed by atoms with Crippen LogP contribution in [0.3, 0.4) is 0 Å². The van der Waals surface area contributed by atoms with Crippen LogP contribution in [0.25, 0.3) is 0 Å². The molecule has 0 aromatic heterocycles. The maximum absolute atomic E-state index is 13.2. The van der Waals surface area contributed by atoms with Crippen molar-refractivity contribution in [3.8, 4) is 0 Å². The van der Waals surface area contributed by atoms with Gasteiger partial charge in [0.15, 0.2) is 0 Å². The number of benzene rings is 1. The summed E-state index contributed by atoms with van der Waals surface area (Å²) in [4.78, 5) is 0. The van der Waals surface area contributed by atoms with Crippen molar-refractivity contribution in [2.45, 2.75) is 33.7 Å². The Hall–Kier alpha value is -1.15. The standard InChI is InChI=1S/C14H20FN/c1-5-16-14(8-10(2)3)13-9-12(15)7-6-11(13)4/h6-9,14,16H,5H2,1-4H3. The van der Waals surface area contributed by atoms with Crippen molar-refractivity contribution in [1.29, 1.82) is 0 Å². The van der Waals surface area contributed by atoms with Crippen LogP contribution >= 0.6 is 0 Å². The highest BCUT2D eigenvalue weighted by Gasteiger charge is 2.10. The Morgan fingerprint density at radius 3 is 2.69 bits per heavy atom. The molecule has 0 bridgehead atoms. The third-order valence-corrected chi connectivity index (χ3v) is 2.50. The van der Waals surface area contributed by atoms with Crippen LogP contribution in [0.1, 0.15) is 37.9 Å². The molecule has 1 rings (SSSR count). The largest absolute Gasteiger partial charge is 0.307 e. The normalized spacial score (nSPS) is 12.3. The fourth-order valence-corrected chi connectivity index (χ4v) is 1.76. The van der Waals surface area contributed by atoms with E-state index < -0.39 is 0 Å². The van der Waals surface area contributed by atoms with Gasteiger partial charge in [-0.05, 0) is 50.6 Å². The zero-order valence-electron chi connectivity index (χ0n) is 10.5. The maximum Gasteiger partial charge on any atom is 0.123 e. The van der Waals surface area contributed by atoms with Crippen molar-refractivity contribution in [1.82, 2.24) is 5.32 Å². The smallest absolute Gasteiger partial charge is 0.123 e. The molecule has 0 aliphatic carbocycles. The molecule has 2 heteroatoms. The molecule has 0 radical (unpaired) electrons. The monoisotopic (exact) mass is 221 g/mol. The summed E-state index contributed by atoms with van der Waals surface area (Å²) in [7, 11) is 0. The van der Waals surface area contributed by atoms with Gasteiger partial charge in [0.05, 0.1) is 6.04 Å². The lowest BCUT2D eigenvalue weighted by Gasteiger charge is -2.17. The van der Waals surface area contributed by atoms with Gasteiger partial charge in [0.1, 0.15) is 5.82 Å². The first-order valence-corrected chi connectivity index (χ1v) is 5.69. The zero-order valence-corrected chi connectivity index (χ0v) is 10.5. The Morgan fingerprint density at radius 1 is 1.44 bits per heavy atom. The van der Waals surface area contributed by atoms with Crippen LogP contribution in [0.4, 0.5) is 4.39 Å². The summed E-state index contributed by atoms with van der Waals surface area (Å²) >= 11 is 0. The minimum atomic E-state index is -0.175. The van der Waals surface area contributed by atoms with E-state index in [1.807, 2.05) is 13.0 Å². The fourth-order valence-electron chi connectivity index (χ4n) is 1.76. The van der Waals surface area contributed by atoms with E-state index >= 15 is 0 Å². The first kappa shape index (κ1) is 12.9. The Balaban J connectivity index is 3.09. The Morgan fingerprint density at radius 2 is 2.12 bits per heavy atom. The summed E-state index contributed by atoms with van der Waals surface area (Å²) < 4.78 is 13.2. The van der Waals surface area contributed by atoms with E-state index in [1.54, 1.807) is 6.07 Å². The van der Waals surface area contributed by atoms with Crippen molar-refractivity contribution in [3.63, 3.8) is 0 Å². The van der Waals surface area contributed by atoms with Crippen LogP contribution in [0, 0.1) is 12.7 Å². The van der Waals surface area contributed by atoms with Gasteiger partial charge < -0.3 is 5.32 Å². The first-order chi connectivity index (χ1) is 7.54.